The predicted molar refractivity (Wildman–Crippen MR) is 489 cm³/mol. The van der Waals surface area contributed by atoms with Gasteiger partial charge in [-0.25, -0.2) is 0 Å². The number of ether oxygens (including phenoxy) is 10. The second kappa shape index (κ2) is 45.1. The van der Waals surface area contributed by atoms with E-state index in [0.29, 0.717) is 193 Å². The smallest absolute Gasteiger partial charge is 0.161 e. The van der Waals surface area contributed by atoms with Crippen molar-refractivity contribution in [1.82, 2.24) is 0 Å². The number of nitriles is 2. The fourth-order valence-electron chi connectivity index (χ4n) is 14.5. The van der Waals surface area contributed by atoms with E-state index in [1.165, 1.54) is 0 Å². The molecule has 12 heteroatoms. The monoisotopic (exact) mass is 1580 g/mol. The van der Waals surface area contributed by atoms with Crippen LogP contribution in [-0.4, -0.2) is 66.1 Å². The molecule has 0 N–H and O–H groups in total. The van der Waals surface area contributed by atoms with Crippen molar-refractivity contribution < 1.29 is 47.4 Å². The first kappa shape index (κ1) is 90.9. The van der Waals surface area contributed by atoms with Gasteiger partial charge in [0.25, 0.3) is 0 Å². The highest BCUT2D eigenvalue weighted by molar-refractivity contribution is 6.28. The first-order valence-electron chi connectivity index (χ1n) is 44.6. The average molecular weight is 1580 g/mol. The number of rotatable bonds is 50. The number of hydrogen-bond donors (Lipinski definition) is 0. The normalized spacial score (nSPS) is 12.8. The minimum Gasteiger partial charge on any atom is -0.493 e. The van der Waals surface area contributed by atoms with Crippen LogP contribution in [0.15, 0.2) is 97.1 Å². The molecule has 0 heterocycles. The maximum absolute atomic E-state index is 11.8. The zero-order valence-electron chi connectivity index (χ0n) is 74.5. The van der Waals surface area contributed by atoms with E-state index in [1.54, 1.807) is 0 Å². The van der Waals surface area contributed by atoms with Crippen LogP contribution in [0.3, 0.4) is 0 Å². The number of nitrogens with zero attached hydrogens (tertiary/aromatic N) is 2. The van der Waals surface area contributed by atoms with Crippen LogP contribution in [0.4, 0.5) is 0 Å². The number of benzene rings is 9. The Morgan fingerprint density at radius 3 is 0.681 bits per heavy atom. The van der Waals surface area contributed by atoms with Crippen molar-refractivity contribution in [2.24, 2.45) is 59.2 Å². The van der Waals surface area contributed by atoms with Crippen molar-refractivity contribution in [3.8, 4) is 69.6 Å². The second-order valence-corrected chi connectivity index (χ2v) is 35.9. The molecule has 9 aromatic rings. The molecule has 0 aliphatic rings. The molecule has 626 valence electrons. The second-order valence-electron chi connectivity index (χ2n) is 35.9. The molecule has 0 fully saturated rings. The third kappa shape index (κ3) is 25.5. The summed E-state index contributed by atoms with van der Waals surface area (Å²) in [4.78, 5) is 0. The number of unbranched alkanes of at least 4 members (excludes halogenated alkanes) is 2. The Kier molecular flexibility index (Phi) is 35.3. The highest BCUT2D eigenvalue weighted by Gasteiger charge is 2.25. The summed E-state index contributed by atoms with van der Waals surface area (Å²) in [5, 5.41) is 35.4. The molecular weight excluding hydrogens is 1440 g/mol. The molecule has 0 saturated carbocycles. The molecule has 9 aromatic carbocycles. The standard InChI is InChI=1S/C104H140N2O10/c1-21-25-27-75(23-3)65-115-95-53-80(50-82(64-106)78-30-32-84-86(52-78)90-58-100(110-44-36-70(11)12)104(114-48-40-74(19)20)62-94(90)92-60-102(112-46-38-72(15)16)98(56-88(84)92)108-42-34-68(7)8)96(116-66-76(24-4)28-26-22-2)54-79(95)49-81(63-105)77-29-31-83-85(51-77)89-57-99(109-43-35-69(9)10)103(113-47-39-73(17)18)61-93(89)91-59-101(111-45-37-71(13)14)97(55-87(83)91)107-41-33-67(5)6/h29-32,49-62,67-76H,21-28,33-48,65-66H2,1-20H3/b81-49+,82-50+. The van der Waals surface area contributed by atoms with Crippen LogP contribution >= 0.6 is 0 Å². The lowest BCUT2D eigenvalue weighted by Gasteiger charge is -2.21. The minimum absolute atomic E-state index is 0.280. The predicted octanol–water partition coefficient (Wildman–Crippen LogP) is 29.3. The van der Waals surface area contributed by atoms with Gasteiger partial charge in [0, 0.05) is 11.1 Å². The molecule has 0 aliphatic heterocycles. The summed E-state index contributed by atoms with van der Waals surface area (Å²) in [6, 6.07) is 39.6. The number of allylic oxidation sites excluding steroid dienone is 2. The molecule has 0 spiro atoms. The van der Waals surface area contributed by atoms with Gasteiger partial charge in [0.1, 0.15) is 11.5 Å². The summed E-state index contributed by atoms with van der Waals surface area (Å²) in [6.45, 7) is 49.7. The van der Waals surface area contributed by atoms with E-state index in [4.69, 9.17) is 47.4 Å². The van der Waals surface area contributed by atoms with E-state index in [1.807, 2.05) is 24.3 Å². The molecule has 2 atom stereocenters. The molecule has 0 radical (unpaired) electrons. The summed E-state index contributed by atoms with van der Waals surface area (Å²) < 4.78 is 68.3. The van der Waals surface area contributed by atoms with Crippen molar-refractivity contribution in [2.45, 2.75) is 241 Å². The van der Waals surface area contributed by atoms with Gasteiger partial charge in [0.2, 0.25) is 0 Å². The topological polar surface area (TPSA) is 140 Å². The lowest BCUT2D eigenvalue weighted by Crippen LogP contribution is -2.13. The van der Waals surface area contributed by atoms with Crippen LogP contribution in [-0.2, 0) is 0 Å². The lowest BCUT2D eigenvalue weighted by molar-refractivity contribution is 0.227. The van der Waals surface area contributed by atoms with Gasteiger partial charge in [0.15, 0.2) is 46.0 Å². The minimum atomic E-state index is 0.280. The summed E-state index contributed by atoms with van der Waals surface area (Å²) in [5.74, 6) is 10.9. The molecule has 2 unspecified atom stereocenters. The van der Waals surface area contributed by atoms with Crippen LogP contribution < -0.4 is 47.4 Å². The quantitative estimate of drug-likeness (QED) is 0.0204. The van der Waals surface area contributed by atoms with E-state index in [9.17, 15) is 10.5 Å². The van der Waals surface area contributed by atoms with E-state index >= 15 is 0 Å². The Morgan fingerprint density at radius 2 is 0.483 bits per heavy atom. The number of fused-ring (bicyclic) bond motifs is 12. The fourth-order valence-corrected chi connectivity index (χ4v) is 14.5. The molecule has 116 heavy (non-hydrogen) atoms. The summed E-state index contributed by atoms with van der Waals surface area (Å²) in [6.07, 6.45) is 19.3. The van der Waals surface area contributed by atoms with E-state index in [-0.39, 0.29) is 11.8 Å². The van der Waals surface area contributed by atoms with Crippen LogP contribution in [0, 0.1) is 81.8 Å². The summed E-state index contributed by atoms with van der Waals surface area (Å²) >= 11 is 0. The molecule has 0 aromatic heterocycles. The maximum Gasteiger partial charge on any atom is 0.161 e. The highest BCUT2D eigenvalue weighted by atomic mass is 16.5. The zero-order chi connectivity index (χ0) is 83.5. The lowest BCUT2D eigenvalue weighted by atomic mass is 9.90. The van der Waals surface area contributed by atoms with Gasteiger partial charge in [-0.1, -0.05) is 201 Å². The van der Waals surface area contributed by atoms with Gasteiger partial charge in [-0.05, 0) is 284 Å². The number of hydrogen-bond acceptors (Lipinski definition) is 12. The van der Waals surface area contributed by atoms with Gasteiger partial charge in [-0.2, -0.15) is 10.5 Å². The molecule has 0 amide bonds. The molecule has 0 bridgehead atoms. The first-order chi connectivity index (χ1) is 55.8. The molecule has 0 aliphatic carbocycles. The third-order valence-electron chi connectivity index (χ3n) is 22.4. The largest absolute Gasteiger partial charge is 0.493 e. The van der Waals surface area contributed by atoms with Gasteiger partial charge in [-0.15, -0.1) is 0 Å². The van der Waals surface area contributed by atoms with E-state index in [2.05, 4.69) is 236 Å². The van der Waals surface area contributed by atoms with Crippen LogP contribution in [0.1, 0.15) is 263 Å². The maximum atomic E-state index is 11.8. The Morgan fingerprint density at radius 1 is 0.267 bits per heavy atom. The fraction of sp³-hybridized carbons (Fsp3) is 0.538. The van der Waals surface area contributed by atoms with Gasteiger partial charge < -0.3 is 47.4 Å². The Bertz CT molecular complexity index is 4530. The van der Waals surface area contributed by atoms with Crippen molar-refractivity contribution in [1.29, 1.82) is 10.5 Å². The highest BCUT2D eigenvalue weighted by Crippen LogP contribution is 2.49. The van der Waals surface area contributed by atoms with Crippen molar-refractivity contribution in [2.75, 3.05) is 66.1 Å². The Balaban J connectivity index is 1.30. The molecular formula is C104H140N2O10. The third-order valence-corrected chi connectivity index (χ3v) is 22.4. The Hall–Kier alpha value is -9.00. The van der Waals surface area contributed by atoms with Crippen LogP contribution in [0.5, 0.6) is 57.5 Å². The summed E-state index contributed by atoms with van der Waals surface area (Å²) in [5.41, 5.74) is 3.75. The molecule has 12 nitrogen and oxygen atoms in total. The van der Waals surface area contributed by atoms with Gasteiger partial charge in [-0.3, -0.25) is 0 Å². The molecule has 9 rings (SSSR count). The average Bonchev–Trinajstić information content (AvgIpc) is 0.733. The van der Waals surface area contributed by atoms with Crippen molar-refractivity contribution >= 4 is 87.9 Å². The van der Waals surface area contributed by atoms with Crippen LogP contribution in [0.25, 0.3) is 87.9 Å². The first-order valence-corrected chi connectivity index (χ1v) is 44.6. The van der Waals surface area contributed by atoms with Crippen LogP contribution in [0.2, 0.25) is 0 Å². The zero-order valence-corrected chi connectivity index (χ0v) is 74.5. The van der Waals surface area contributed by atoms with Crippen molar-refractivity contribution in [3.05, 3.63) is 119 Å². The van der Waals surface area contributed by atoms with E-state index < -0.39 is 0 Å². The SMILES string of the molecule is CCCCC(CC)COc1cc(/C=C(\C#N)c2ccc3c(c2)c2cc(OCCC(C)C)c(OCCC(C)C)cc2c2cc(OCCC(C)C)c(OCCC(C)C)cc32)c(OCC(CC)CCCC)cc1/C=C(\C#N)c1ccc2c(c1)c1cc(OCCC(C)C)c(OCCC(C)C)cc1c1cc(OCCC(C)C)c(OCCC(C)C)cc21. The summed E-state index contributed by atoms with van der Waals surface area (Å²) in [7, 11) is 0. The van der Waals surface area contributed by atoms with Gasteiger partial charge in [0.05, 0.1) is 89.4 Å². The van der Waals surface area contributed by atoms with E-state index in [0.717, 1.165) is 178 Å². The van der Waals surface area contributed by atoms with Gasteiger partial charge >= 0.3 is 0 Å². The molecule has 0 saturated heterocycles. The Labute approximate surface area is 697 Å². The van der Waals surface area contributed by atoms with Crippen molar-refractivity contribution in [3.63, 3.8) is 0 Å².